The summed E-state index contributed by atoms with van der Waals surface area (Å²) >= 11 is 6.07. The SMILES string of the molecule is Cc1ccc(Cl)c(NC(=O)C2CCCC(N)C2)c1.Cl. The molecule has 1 amide bonds. The summed E-state index contributed by atoms with van der Waals surface area (Å²) < 4.78 is 0. The van der Waals surface area contributed by atoms with Crippen molar-refractivity contribution in [1.82, 2.24) is 0 Å². The average Bonchev–Trinajstić information content (AvgIpc) is 2.34. The zero-order valence-corrected chi connectivity index (χ0v) is 12.6. The van der Waals surface area contributed by atoms with Crippen molar-refractivity contribution in [1.29, 1.82) is 0 Å². The zero-order chi connectivity index (χ0) is 13.1. The number of carbonyl (C=O) groups excluding carboxylic acids is 1. The van der Waals surface area contributed by atoms with Gasteiger partial charge in [-0.3, -0.25) is 4.79 Å². The second-order valence-electron chi connectivity index (χ2n) is 5.10. The van der Waals surface area contributed by atoms with Gasteiger partial charge in [-0.05, 0) is 43.9 Å². The van der Waals surface area contributed by atoms with Gasteiger partial charge in [0.05, 0.1) is 10.7 Å². The normalized spacial score (nSPS) is 22.5. The van der Waals surface area contributed by atoms with Crippen molar-refractivity contribution in [3.63, 3.8) is 0 Å². The predicted molar refractivity (Wildman–Crippen MR) is 82.0 cm³/mol. The molecule has 1 saturated carbocycles. The predicted octanol–water partition coefficient (Wildman–Crippen LogP) is 3.53. The van der Waals surface area contributed by atoms with Crippen LogP contribution in [-0.4, -0.2) is 11.9 Å². The van der Waals surface area contributed by atoms with Crippen molar-refractivity contribution < 1.29 is 4.79 Å². The van der Waals surface area contributed by atoms with Gasteiger partial charge < -0.3 is 11.1 Å². The van der Waals surface area contributed by atoms with E-state index in [1.807, 2.05) is 19.1 Å². The molecule has 3 nitrogen and oxygen atoms in total. The molecule has 106 valence electrons. The maximum Gasteiger partial charge on any atom is 0.227 e. The molecule has 1 aliphatic rings. The van der Waals surface area contributed by atoms with E-state index in [9.17, 15) is 4.79 Å². The molecule has 3 N–H and O–H groups in total. The first-order valence-electron chi connectivity index (χ1n) is 6.39. The molecule has 1 aliphatic carbocycles. The topological polar surface area (TPSA) is 55.1 Å². The van der Waals surface area contributed by atoms with Gasteiger partial charge in [-0.2, -0.15) is 0 Å². The van der Waals surface area contributed by atoms with E-state index in [0.717, 1.165) is 31.2 Å². The van der Waals surface area contributed by atoms with Crippen LogP contribution >= 0.6 is 24.0 Å². The van der Waals surface area contributed by atoms with Crippen molar-refractivity contribution in [2.45, 2.75) is 38.6 Å². The lowest BCUT2D eigenvalue weighted by Gasteiger charge is -2.25. The number of hydrogen-bond donors (Lipinski definition) is 2. The van der Waals surface area contributed by atoms with E-state index < -0.39 is 0 Å². The highest BCUT2D eigenvalue weighted by atomic mass is 35.5. The molecule has 2 atom stereocenters. The summed E-state index contributed by atoms with van der Waals surface area (Å²) in [5, 5.41) is 3.49. The maximum absolute atomic E-state index is 12.2. The lowest BCUT2D eigenvalue weighted by molar-refractivity contribution is -0.120. The summed E-state index contributed by atoms with van der Waals surface area (Å²) in [7, 11) is 0. The van der Waals surface area contributed by atoms with Crippen molar-refractivity contribution in [2.24, 2.45) is 11.7 Å². The fourth-order valence-corrected chi connectivity index (χ4v) is 2.60. The van der Waals surface area contributed by atoms with Crippen molar-refractivity contribution in [2.75, 3.05) is 5.32 Å². The Morgan fingerprint density at radius 3 is 2.84 bits per heavy atom. The van der Waals surface area contributed by atoms with Crippen LogP contribution in [0.25, 0.3) is 0 Å². The molecule has 0 bridgehead atoms. The Kier molecular flexibility index (Phi) is 6.11. The van der Waals surface area contributed by atoms with Crippen LogP contribution < -0.4 is 11.1 Å². The third kappa shape index (κ3) is 4.37. The van der Waals surface area contributed by atoms with Crippen LogP contribution in [0.15, 0.2) is 18.2 Å². The molecule has 0 radical (unpaired) electrons. The van der Waals surface area contributed by atoms with E-state index in [0.29, 0.717) is 10.7 Å². The Morgan fingerprint density at radius 2 is 2.16 bits per heavy atom. The fourth-order valence-electron chi connectivity index (χ4n) is 2.44. The number of hydrogen-bond acceptors (Lipinski definition) is 2. The van der Waals surface area contributed by atoms with Gasteiger partial charge >= 0.3 is 0 Å². The molecule has 0 aliphatic heterocycles. The number of rotatable bonds is 2. The maximum atomic E-state index is 12.2. The lowest BCUT2D eigenvalue weighted by Crippen LogP contribution is -2.34. The van der Waals surface area contributed by atoms with Crippen molar-refractivity contribution in [3.05, 3.63) is 28.8 Å². The smallest absolute Gasteiger partial charge is 0.227 e. The highest BCUT2D eigenvalue weighted by molar-refractivity contribution is 6.33. The number of nitrogens with one attached hydrogen (secondary N) is 1. The Morgan fingerprint density at radius 1 is 1.42 bits per heavy atom. The van der Waals surface area contributed by atoms with Gasteiger partial charge in [-0.15, -0.1) is 12.4 Å². The van der Waals surface area contributed by atoms with Crippen LogP contribution in [0.5, 0.6) is 0 Å². The van der Waals surface area contributed by atoms with Crippen LogP contribution in [-0.2, 0) is 4.79 Å². The van der Waals surface area contributed by atoms with Crippen molar-refractivity contribution in [3.8, 4) is 0 Å². The highest BCUT2D eigenvalue weighted by Gasteiger charge is 2.25. The van der Waals surface area contributed by atoms with Crippen LogP contribution in [0.2, 0.25) is 5.02 Å². The summed E-state index contributed by atoms with van der Waals surface area (Å²) in [4.78, 5) is 12.2. The molecule has 1 fully saturated rings. The molecule has 2 unspecified atom stereocenters. The van der Waals surface area contributed by atoms with Gasteiger partial charge in [0, 0.05) is 12.0 Å². The fraction of sp³-hybridized carbons (Fsp3) is 0.500. The molecule has 1 aromatic carbocycles. The van der Waals surface area contributed by atoms with E-state index in [1.54, 1.807) is 6.07 Å². The second kappa shape index (κ2) is 7.13. The second-order valence-corrected chi connectivity index (χ2v) is 5.50. The van der Waals surface area contributed by atoms with Gasteiger partial charge in [0.15, 0.2) is 0 Å². The first-order valence-corrected chi connectivity index (χ1v) is 6.76. The van der Waals surface area contributed by atoms with E-state index in [4.69, 9.17) is 17.3 Å². The molecule has 2 rings (SSSR count). The zero-order valence-electron chi connectivity index (χ0n) is 11.0. The summed E-state index contributed by atoms with van der Waals surface area (Å²) in [6.07, 6.45) is 3.74. The van der Waals surface area contributed by atoms with Gasteiger partial charge in [-0.25, -0.2) is 0 Å². The summed E-state index contributed by atoms with van der Waals surface area (Å²) in [6, 6.07) is 5.78. The monoisotopic (exact) mass is 302 g/mol. The quantitative estimate of drug-likeness (QED) is 0.878. The van der Waals surface area contributed by atoms with Crippen LogP contribution in [0, 0.1) is 12.8 Å². The third-order valence-corrected chi connectivity index (χ3v) is 3.79. The summed E-state index contributed by atoms with van der Waals surface area (Å²) in [5.74, 6) is 0.0583. The molecule has 0 spiro atoms. The van der Waals surface area contributed by atoms with Gasteiger partial charge in [-0.1, -0.05) is 24.1 Å². The largest absolute Gasteiger partial charge is 0.328 e. The van der Waals surface area contributed by atoms with E-state index in [2.05, 4.69) is 5.32 Å². The average molecular weight is 303 g/mol. The number of halogens is 2. The van der Waals surface area contributed by atoms with E-state index in [1.165, 1.54) is 0 Å². The molecular formula is C14H20Cl2N2O. The van der Waals surface area contributed by atoms with Gasteiger partial charge in [0.25, 0.3) is 0 Å². The molecule has 19 heavy (non-hydrogen) atoms. The number of amides is 1. The number of carbonyl (C=O) groups is 1. The molecular weight excluding hydrogens is 283 g/mol. The Labute approximate surface area is 125 Å². The number of benzene rings is 1. The minimum atomic E-state index is 0. The Balaban J connectivity index is 0.00000180. The van der Waals surface area contributed by atoms with Crippen LogP contribution in [0.3, 0.4) is 0 Å². The molecule has 0 aromatic heterocycles. The number of anilines is 1. The van der Waals surface area contributed by atoms with Gasteiger partial charge in [0.2, 0.25) is 5.91 Å². The lowest BCUT2D eigenvalue weighted by atomic mass is 9.85. The Hall–Kier alpha value is -0.770. The van der Waals surface area contributed by atoms with E-state index in [-0.39, 0.29) is 30.3 Å². The third-order valence-electron chi connectivity index (χ3n) is 3.47. The number of aryl methyl sites for hydroxylation is 1. The minimum Gasteiger partial charge on any atom is -0.328 e. The van der Waals surface area contributed by atoms with E-state index >= 15 is 0 Å². The molecule has 1 aromatic rings. The molecule has 0 saturated heterocycles. The standard InChI is InChI=1S/C14H19ClN2O.ClH/c1-9-5-6-12(15)13(7-9)17-14(18)10-3-2-4-11(16)8-10;/h5-7,10-11H,2-4,8,16H2,1H3,(H,17,18);1H. The van der Waals surface area contributed by atoms with Crippen LogP contribution in [0.4, 0.5) is 5.69 Å². The van der Waals surface area contributed by atoms with Gasteiger partial charge in [0.1, 0.15) is 0 Å². The summed E-state index contributed by atoms with van der Waals surface area (Å²) in [6.45, 7) is 1.97. The first kappa shape index (κ1) is 16.3. The van der Waals surface area contributed by atoms with Crippen LogP contribution in [0.1, 0.15) is 31.2 Å². The molecule has 5 heteroatoms. The van der Waals surface area contributed by atoms with Crippen molar-refractivity contribution >= 4 is 35.6 Å². The Bertz CT molecular complexity index is 451. The minimum absolute atomic E-state index is 0. The number of nitrogens with two attached hydrogens (primary N) is 1. The molecule has 0 heterocycles. The first-order chi connectivity index (χ1) is 8.56. The summed E-state index contributed by atoms with van der Waals surface area (Å²) in [5.41, 5.74) is 7.68. The highest BCUT2D eigenvalue weighted by Crippen LogP contribution is 2.27.